The molecule has 0 aliphatic rings. The lowest BCUT2D eigenvalue weighted by Crippen LogP contribution is -2.12. The van der Waals surface area contributed by atoms with E-state index in [-0.39, 0.29) is 17.4 Å². The van der Waals surface area contributed by atoms with E-state index >= 15 is 0 Å². The van der Waals surface area contributed by atoms with Crippen LogP contribution < -0.4 is 5.32 Å². The highest BCUT2D eigenvalue weighted by Gasteiger charge is 2.20. The topological polar surface area (TPSA) is 55.2 Å². The van der Waals surface area contributed by atoms with Crippen LogP contribution in [0.3, 0.4) is 0 Å². The lowest BCUT2D eigenvalue weighted by molar-refractivity contribution is -0.384. The van der Waals surface area contributed by atoms with Gasteiger partial charge >= 0.3 is 0 Å². The highest BCUT2D eigenvalue weighted by atomic mass is 19.1. The summed E-state index contributed by atoms with van der Waals surface area (Å²) in [5, 5.41) is 13.9. The first-order valence-corrected chi connectivity index (χ1v) is 6.38. The van der Waals surface area contributed by atoms with Crippen LogP contribution >= 0.6 is 0 Å². The molecule has 20 heavy (non-hydrogen) atoms. The van der Waals surface area contributed by atoms with Crippen molar-refractivity contribution in [1.29, 1.82) is 0 Å². The summed E-state index contributed by atoms with van der Waals surface area (Å²) in [5.74, 6) is -0.617. The molecular formula is C15H15FN2O2. The van der Waals surface area contributed by atoms with E-state index < -0.39 is 10.7 Å². The molecule has 2 rings (SSSR count). The lowest BCUT2D eigenvalue weighted by Gasteiger charge is -2.19. The summed E-state index contributed by atoms with van der Waals surface area (Å²) < 4.78 is 13.9. The van der Waals surface area contributed by atoms with Crippen molar-refractivity contribution in [3.05, 3.63) is 70.0 Å². The van der Waals surface area contributed by atoms with Crippen LogP contribution in [-0.4, -0.2) is 4.92 Å². The molecule has 0 aliphatic heterocycles. The SMILES string of the molecule is CCC(Nc1c(F)cccc1[N+](=O)[O-])c1ccccc1. The number of halogens is 1. The molecule has 1 N–H and O–H groups in total. The van der Waals surface area contributed by atoms with Crippen molar-refractivity contribution in [3.63, 3.8) is 0 Å². The van der Waals surface area contributed by atoms with Gasteiger partial charge in [0.15, 0.2) is 5.82 Å². The van der Waals surface area contributed by atoms with E-state index in [9.17, 15) is 14.5 Å². The largest absolute Gasteiger partial charge is 0.370 e. The molecular weight excluding hydrogens is 259 g/mol. The maximum Gasteiger partial charge on any atom is 0.295 e. The summed E-state index contributed by atoms with van der Waals surface area (Å²) in [5.41, 5.74) is 0.653. The third-order valence-electron chi connectivity index (χ3n) is 3.12. The van der Waals surface area contributed by atoms with Gasteiger partial charge in [-0.3, -0.25) is 10.1 Å². The molecule has 5 heteroatoms. The Bertz CT molecular complexity index is 602. The Morgan fingerprint density at radius 1 is 1.20 bits per heavy atom. The number of nitro benzene ring substituents is 1. The first-order valence-electron chi connectivity index (χ1n) is 6.38. The van der Waals surface area contributed by atoms with Crippen LogP contribution in [0.2, 0.25) is 0 Å². The summed E-state index contributed by atoms with van der Waals surface area (Å²) in [6, 6.07) is 13.2. The number of hydrogen-bond acceptors (Lipinski definition) is 3. The van der Waals surface area contributed by atoms with Crippen molar-refractivity contribution in [2.75, 3.05) is 5.32 Å². The zero-order valence-electron chi connectivity index (χ0n) is 11.0. The van der Waals surface area contributed by atoms with Crippen LogP contribution in [0.1, 0.15) is 24.9 Å². The average Bonchev–Trinajstić information content (AvgIpc) is 2.46. The molecule has 0 radical (unpaired) electrons. The maximum absolute atomic E-state index is 13.9. The summed E-state index contributed by atoms with van der Waals surface area (Å²) >= 11 is 0. The zero-order valence-corrected chi connectivity index (χ0v) is 11.0. The van der Waals surface area contributed by atoms with Gasteiger partial charge in [-0.1, -0.05) is 43.3 Å². The van der Waals surface area contributed by atoms with E-state index in [0.29, 0.717) is 6.42 Å². The average molecular weight is 274 g/mol. The van der Waals surface area contributed by atoms with E-state index in [2.05, 4.69) is 5.32 Å². The predicted molar refractivity (Wildman–Crippen MR) is 76.2 cm³/mol. The van der Waals surface area contributed by atoms with E-state index in [1.54, 1.807) is 0 Å². The smallest absolute Gasteiger partial charge is 0.295 e. The lowest BCUT2D eigenvalue weighted by atomic mass is 10.0. The molecule has 2 aromatic carbocycles. The van der Waals surface area contributed by atoms with Gasteiger partial charge in [0.2, 0.25) is 0 Å². The molecule has 0 aromatic heterocycles. The van der Waals surface area contributed by atoms with Crippen LogP contribution in [0.25, 0.3) is 0 Å². The highest BCUT2D eigenvalue weighted by molar-refractivity contribution is 5.63. The highest BCUT2D eigenvalue weighted by Crippen LogP contribution is 2.31. The first-order chi connectivity index (χ1) is 9.63. The molecule has 1 atom stereocenters. The van der Waals surface area contributed by atoms with E-state index in [1.165, 1.54) is 18.2 Å². The quantitative estimate of drug-likeness (QED) is 0.653. The Hall–Kier alpha value is -2.43. The Labute approximate surface area is 116 Å². The molecule has 0 bridgehead atoms. The number of benzene rings is 2. The summed E-state index contributed by atoms with van der Waals surface area (Å²) in [7, 11) is 0. The van der Waals surface area contributed by atoms with Gasteiger partial charge in [0.05, 0.1) is 11.0 Å². The molecule has 0 spiro atoms. The summed E-state index contributed by atoms with van der Waals surface area (Å²) in [6.07, 6.45) is 0.690. The molecule has 4 nitrogen and oxygen atoms in total. The van der Waals surface area contributed by atoms with Crippen LogP contribution in [0.15, 0.2) is 48.5 Å². The fraction of sp³-hybridized carbons (Fsp3) is 0.200. The molecule has 1 unspecified atom stereocenters. The van der Waals surface area contributed by atoms with Crippen LogP contribution in [0, 0.1) is 15.9 Å². The van der Waals surface area contributed by atoms with Gasteiger partial charge in [-0.05, 0) is 18.1 Å². The molecule has 0 saturated heterocycles. The van der Waals surface area contributed by atoms with Gasteiger partial charge in [-0.15, -0.1) is 0 Å². The minimum atomic E-state index is -0.617. The number of para-hydroxylation sites is 1. The predicted octanol–water partition coefficient (Wildman–Crippen LogP) is 4.30. The van der Waals surface area contributed by atoms with Crippen molar-refractivity contribution in [2.24, 2.45) is 0 Å². The Morgan fingerprint density at radius 3 is 2.50 bits per heavy atom. The second-order valence-corrected chi connectivity index (χ2v) is 4.41. The Morgan fingerprint density at radius 2 is 1.90 bits per heavy atom. The van der Waals surface area contributed by atoms with E-state index in [1.807, 2.05) is 37.3 Å². The van der Waals surface area contributed by atoms with Gasteiger partial charge < -0.3 is 5.32 Å². The molecule has 0 fully saturated rings. The number of anilines is 1. The zero-order chi connectivity index (χ0) is 14.5. The monoisotopic (exact) mass is 274 g/mol. The van der Waals surface area contributed by atoms with Gasteiger partial charge in [-0.25, -0.2) is 4.39 Å². The van der Waals surface area contributed by atoms with Crippen molar-refractivity contribution in [1.82, 2.24) is 0 Å². The molecule has 0 saturated carbocycles. The Balaban J connectivity index is 2.35. The van der Waals surface area contributed by atoms with Gasteiger partial charge in [-0.2, -0.15) is 0 Å². The van der Waals surface area contributed by atoms with Crippen LogP contribution in [0.5, 0.6) is 0 Å². The number of nitrogens with one attached hydrogen (secondary N) is 1. The molecule has 104 valence electrons. The maximum atomic E-state index is 13.9. The van der Waals surface area contributed by atoms with E-state index in [4.69, 9.17) is 0 Å². The summed E-state index contributed by atoms with van der Waals surface area (Å²) in [4.78, 5) is 10.4. The fourth-order valence-corrected chi connectivity index (χ4v) is 2.09. The van der Waals surface area contributed by atoms with Crippen molar-refractivity contribution >= 4 is 11.4 Å². The normalized spacial score (nSPS) is 11.9. The number of rotatable bonds is 5. The van der Waals surface area contributed by atoms with Crippen LogP contribution in [0.4, 0.5) is 15.8 Å². The molecule has 2 aromatic rings. The van der Waals surface area contributed by atoms with Crippen molar-refractivity contribution < 1.29 is 9.31 Å². The molecule has 0 amide bonds. The number of hydrogen-bond donors (Lipinski definition) is 1. The molecule has 0 aliphatic carbocycles. The van der Waals surface area contributed by atoms with Crippen molar-refractivity contribution in [2.45, 2.75) is 19.4 Å². The number of nitrogens with zero attached hydrogens (tertiary/aromatic N) is 1. The van der Waals surface area contributed by atoms with Crippen LogP contribution in [-0.2, 0) is 0 Å². The van der Waals surface area contributed by atoms with Crippen molar-refractivity contribution in [3.8, 4) is 0 Å². The van der Waals surface area contributed by atoms with Gasteiger partial charge in [0.25, 0.3) is 5.69 Å². The number of nitro groups is 1. The van der Waals surface area contributed by atoms with E-state index in [0.717, 1.165) is 5.56 Å². The minimum absolute atomic E-state index is 0.0618. The minimum Gasteiger partial charge on any atom is -0.370 e. The van der Waals surface area contributed by atoms with Gasteiger partial charge in [0.1, 0.15) is 5.69 Å². The third-order valence-corrected chi connectivity index (χ3v) is 3.12. The standard InChI is InChI=1S/C15H15FN2O2/c1-2-13(11-7-4-3-5-8-11)17-15-12(16)9-6-10-14(15)18(19)20/h3-10,13,17H,2H2,1H3. The Kier molecular flexibility index (Phi) is 4.30. The third kappa shape index (κ3) is 2.93. The fourth-order valence-electron chi connectivity index (χ4n) is 2.09. The molecule has 0 heterocycles. The first kappa shape index (κ1) is 14.0. The second-order valence-electron chi connectivity index (χ2n) is 4.41. The second kappa shape index (κ2) is 6.14. The summed E-state index contributed by atoms with van der Waals surface area (Å²) in [6.45, 7) is 1.94. The van der Waals surface area contributed by atoms with Gasteiger partial charge in [0, 0.05) is 6.07 Å².